The molecule has 0 fully saturated rings. The van der Waals surface area contributed by atoms with Crippen molar-refractivity contribution >= 4 is 44.6 Å². The summed E-state index contributed by atoms with van der Waals surface area (Å²) in [5, 5.41) is 2.96. The lowest BCUT2D eigenvalue weighted by Crippen LogP contribution is -2.31. The molecule has 0 spiro atoms. The third kappa shape index (κ3) is 3.44. The molecular formula is C25H19N5OS. The van der Waals surface area contributed by atoms with Gasteiger partial charge in [-0.2, -0.15) is 0 Å². The molecule has 0 aliphatic heterocycles. The Bertz CT molecular complexity index is 1420. The van der Waals surface area contributed by atoms with Crippen LogP contribution < -0.4 is 16.4 Å². The lowest BCUT2D eigenvalue weighted by atomic mass is 10.0. The summed E-state index contributed by atoms with van der Waals surface area (Å²) in [4.78, 5) is 22.4. The number of nitrogen functional groups attached to an aromatic ring is 1. The molecular weight excluding hydrogens is 418 g/mol. The summed E-state index contributed by atoms with van der Waals surface area (Å²) in [5.41, 5.74) is 17.3. The van der Waals surface area contributed by atoms with E-state index in [0.29, 0.717) is 17.2 Å². The number of aromatic nitrogens is 2. The minimum atomic E-state index is -0.552. The van der Waals surface area contributed by atoms with E-state index in [9.17, 15) is 4.79 Å². The summed E-state index contributed by atoms with van der Waals surface area (Å²) in [6, 6.07) is 20.4. The molecule has 3 aromatic heterocycles. The molecule has 2 amide bonds. The zero-order valence-corrected chi connectivity index (χ0v) is 17.8. The highest BCUT2D eigenvalue weighted by Crippen LogP contribution is 2.42. The number of nitrogens with zero attached hydrogens (tertiary/aromatic N) is 3. The standard InChI is InChI=1S/C25H19N5OS/c26-24-22-21(15-32-23(22)20(14-29-24)17-7-5-11-28-13-17)16-6-4-10-19(12-16)30(25(27)31)18-8-2-1-3-9-18/h1-15H,(H2,26,29)(H2,27,31). The van der Waals surface area contributed by atoms with Crippen LogP contribution in [0.4, 0.5) is 22.0 Å². The van der Waals surface area contributed by atoms with Crippen LogP contribution in [0.3, 0.4) is 0 Å². The Kier molecular flexibility index (Phi) is 5.01. The average Bonchev–Trinajstić information content (AvgIpc) is 3.27. The lowest BCUT2D eigenvalue weighted by Gasteiger charge is -2.21. The molecule has 0 aliphatic carbocycles. The van der Waals surface area contributed by atoms with Crippen LogP contribution in [-0.4, -0.2) is 16.0 Å². The molecule has 0 aliphatic rings. The zero-order valence-electron chi connectivity index (χ0n) is 17.0. The van der Waals surface area contributed by atoms with Crippen molar-refractivity contribution in [3.8, 4) is 22.3 Å². The van der Waals surface area contributed by atoms with Gasteiger partial charge in [-0.25, -0.2) is 9.78 Å². The number of thiophene rings is 1. The maximum absolute atomic E-state index is 12.3. The monoisotopic (exact) mass is 437 g/mol. The summed E-state index contributed by atoms with van der Waals surface area (Å²) < 4.78 is 1.04. The van der Waals surface area contributed by atoms with E-state index in [1.54, 1.807) is 23.7 Å². The molecule has 32 heavy (non-hydrogen) atoms. The highest BCUT2D eigenvalue weighted by atomic mass is 32.1. The molecule has 5 rings (SSSR count). The minimum absolute atomic E-state index is 0.462. The third-order valence-electron chi connectivity index (χ3n) is 5.25. The number of nitrogens with two attached hydrogens (primary N) is 2. The van der Waals surface area contributed by atoms with E-state index >= 15 is 0 Å². The van der Waals surface area contributed by atoms with E-state index in [1.807, 2.05) is 72.9 Å². The van der Waals surface area contributed by atoms with Crippen LogP contribution in [-0.2, 0) is 0 Å². The second-order valence-electron chi connectivity index (χ2n) is 7.21. The van der Waals surface area contributed by atoms with E-state index in [0.717, 1.165) is 32.3 Å². The molecule has 4 N–H and O–H groups in total. The molecule has 0 saturated heterocycles. The summed E-state index contributed by atoms with van der Waals surface area (Å²) in [7, 11) is 0. The van der Waals surface area contributed by atoms with Gasteiger partial charge in [-0.3, -0.25) is 9.88 Å². The number of urea groups is 1. The van der Waals surface area contributed by atoms with Gasteiger partial charge in [0.25, 0.3) is 0 Å². The van der Waals surface area contributed by atoms with Gasteiger partial charge < -0.3 is 11.5 Å². The molecule has 6 nitrogen and oxygen atoms in total. The highest BCUT2D eigenvalue weighted by molar-refractivity contribution is 7.18. The zero-order chi connectivity index (χ0) is 22.1. The van der Waals surface area contributed by atoms with Gasteiger partial charge >= 0.3 is 6.03 Å². The Morgan fingerprint density at radius 1 is 0.875 bits per heavy atom. The number of carbonyl (C=O) groups excluding carboxylic acids is 1. The van der Waals surface area contributed by atoms with Crippen molar-refractivity contribution in [3.63, 3.8) is 0 Å². The van der Waals surface area contributed by atoms with Gasteiger partial charge in [0.1, 0.15) is 5.82 Å². The Balaban J connectivity index is 1.65. The number of pyridine rings is 2. The van der Waals surface area contributed by atoms with Gasteiger partial charge in [0.15, 0.2) is 0 Å². The van der Waals surface area contributed by atoms with Crippen LogP contribution >= 0.6 is 11.3 Å². The van der Waals surface area contributed by atoms with Crippen LogP contribution in [0.1, 0.15) is 0 Å². The third-order valence-corrected chi connectivity index (χ3v) is 6.26. The Labute approximate surface area is 188 Å². The van der Waals surface area contributed by atoms with Crippen molar-refractivity contribution in [3.05, 3.63) is 90.7 Å². The topological polar surface area (TPSA) is 98.1 Å². The van der Waals surface area contributed by atoms with Gasteiger partial charge in [-0.1, -0.05) is 36.4 Å². The first-order chi connectivity index (χ1) is 15.6. The smallest absolute Gasteiger partial charge is 0.323 e. The van der Waals surface area contributed by atoms with Gasteiger partial charge in [0.2, 0.25) is 0 Å². The summed E-state index contributed by atoms with van der Waals surface area (Å²) in [5.74, 6) is 0.462. The number of rotatable bonds is 4. The molecule has 0 saturated carbocycles. The predicted molar refractivity (Wildman–Crippen MR) is 131 cm³/mol. The normalized spacial score (nSPS) is 10.9. The number of hydrogen-bond donors (Lipinski definition) is 2. The molecule has 156 valence electrons. The number of benzene rings is 2. The SMILES string of the molecule is NC(=O)N(c1ccccc1)c1cccc(-c2csc3c(-c4cccnc4)cnc(N)c23)c1. The van der Waals surface area contributed by atoms with Crippen molar-refractivity contribution in [1.29, 1.82) is 0 Å². The first-order valence-corrected chi connectivity index (χ1v) is 10.8. The molecule has 0 bridgehead atoms. The fourth-order valence-corrected chi connectivity index (χ4v) is 4.92. The van der Waals surface area contributed by atoms with Crippen LogP contribution in [0.5, 0.6) is 0 Å². The van der Waals surface area contributed by atoms with Gasteiger partial charge in [0.05, 0.1) is 11.4 Å². The summed E-state index contributed by atoms with van der Waals surface area (Å²) in [6.07, 6.45) is 5.35. The highest BCUT2D eigenvalue weighted by Gasteiger charge is 2.18. The van der Waals surface area contributed by atoms with Crippen molar-refractivity contribution < 1.29 is 4.79 Å². The Hall–Kier alpha value is -4.23. The number of fused-ring (bicyclic) bond motifs is 1. The maximum atomic E-state index is 12.3. The number of amides is 2. The van der Waals surface area contributed by atoms with E-state index < -0.39 is 6.03 Å². The molecule has 3 heterocycles. The molecule has 5 aromatic rings. The summed E-state index contributed by atoms with van der Waals surface area (Å²) in [6.45, 7) is 0. The van der Waals surface area contributed by atoms with E-state index in [4.69, 9.17) is 11.5 Å². The van der Waals surface area contributed by atoms with Gasteiger partial charge in [0, 0.05) is 45.4 Å². The average molecular weight is 438 g/mol. The quantitative estimate of drug-likeness (QED) is 0.370. The number of para-hydroxylation sites is 1. The van der Waals surface area contributed by atoms with Crippen molar-refractivity contribution in [1.82, 2.24) is 9.97 Å². The van der Waals surface area contributed by atoms with Crippen molar-refractivity contribution in [2.24, 2.45) is 5.73 Å². The maximum Gasteiger partial charge on any atom is 0.323 e. The second-order valence-corrected chi connectivity index (χ2v) is 8.09. The van der Waals surface area contributed by atoms with Gasteiger partial charge in [-0.05, 0) is 41.3 Å². The first-order valence-electron chi connectivity index (χ1n) is 9.94. The van der Waals surface area contributed by atoms with Crippen LogP contribution in [0.25, 0.3) is 32.3 Å². The Morgan fingerprint density at radius 3 is 2.41 bits per heavy atom. The van der Waals surface area contributed by atoms with Crippen LogP contribution in [0, 0.1) is 0 Å². The van der Waals surface area contributed by atoms with Gasteiger partial charge in [-0.15, -0.1) is 11.3 Å². The number of hydrogen-bond acceptors (Lipinski definition) is 5. The van der Waals surface area contributed by atoms with Crippen LogP contribution in [0.2, 0.25) is 0 Å². The molecule has 7 heteroatoms. The molecule has 0 unspecified atom stereocenters. The predicted octanol–water partition coefficient (Wildman–Crippen LogP) is 5.82. The van der Waals surface area contributed by atoms with E-state index in [-0.39, 0.29) is 0 Å². The molecule has 0 atom stereocenters. The first kappa shape index (κ1) is 19.7. The molecule has 0 radical (unpaired) electrons. The van der Waals surface area contributed by atoms with Crippen LogP contribution in [0.15, 0.2) is 90.7 Å². The largest absolute Gasteiger partial charge is 0.383 e. The van der Waals surface area contributed by atoms with Crippen molar-refractivity contribution in [2.45, 2.75) is 0 Å². The number of primary amides is 1. The van der Waals surface area contributed by atoms with Crippen molar-refractivity contribution in [2.75, 3.05) is 10.6 Å². The summed E-state index contributed by atoms with van der Waals surface area (Å²) >= 11 is 1.61. The number of anilines is 3. The minimum Gasteiger partial charge on any atom is -0.383 e. The fraction of sp³-hybridized carbons (Fsp3) is 0. The number of carbonyl (C=O) groups is 1. The van der Waals surface area contributed by atoms with E-state index in [2.05, 4.69) is 15.3 Å². The second kappa shape index (κ2) is 8.13. The van der Waals surface area contributed by atoms with E-state index in [1.165, 1.54) is 4.90 Å². The Morgan fingerprint density at radius 2 is 1.66 bits per heavy atom. The molecule has 2 aromatic carbocycles. The fourth-order valence-electron chi connectivity index (χ4n) is 3.80. The lowest BCUT2D eigenvalue weighted by molar-refractivity contribution is 0.256.